The number of carboxylic acid groups (broad SMARTS) is 1. The van der Waals surface area contributed by atoms with Gasteiger partial charge in [0.25, 0.3) is 0 Å². The van der Waals surface area contributed by atoms with Gasteiger partial charge in [0.1, 0.15) is 11.5 Å². The number of hydrogen-bond donors (Lipinski definition) is 2. The summed E-state index contributed by atoms with van der Waals surface area (Å²) in [6.07, 6.45) is 5.64. The number of amides is 1. The highest BCUT2D eigenvalue weighted by molar-refractivity contribution is 5.91. The Balaban J connectivity index is 1.67. The molecule has 0 bridgehead atoms. The molecule has 2 unspecified atom stereocenters. The van der Waals surface area contributed by atoms with Gasteiger partial charge in [-0.05, 0) is 43.4 Å². The standard InChI is InChI=1S/C16H21NO4/c1-11-10-13(11)14-7-5-12(21-14)6-8-15(18)17-9-3-2-4-16(19)20/h5-8,11,13H,2-4,9-10H2,1H3,(H,17,18)(H,19,20). The second-order valence-corrected chi connectivity index (χ2v) is 5.53. The van der Waals surface area contributed by atoms with Gasteiger partial charge in [-0.25, -0.2) is 0 Å². The first kappa shape index (κ1) is 15.4. The summed E-state index contributed by atoms with van der Waals surface area (Å²) < 4.78 is 5.67. The predicted octanol–water partition coefficient (Wildman–Crippen LogP) is 2.79. The predicted molar refractivity (Wildman–Crippen MR) is 78.8 cm³/mol. The average Bonchev–Trinajstić information content (AvgIpc) is 2.99. The molecule has 21 heavy (non-hydrogen) atoms. The van der Waals surface area contributed by atoms with Crippen LogP contribution in [0.4, 0.5) is 0 Å². The van der Waals surface area contributed by atoms with Crippen molar-refractivity contribution < 1.29 is 19.1 Å². The molecule has 0 spiro atoms. The number of rotatable bonds is 8. The van der Waals surface area contributed by atoms with Crippen molar-refractivity contribution in [2.45, 2.75) is 38.5 Å². The van der Waals surface area contributed by atoms with E-state index in [1.807, 2.05) is 12.1 Å². The number of carbonyl (C=O) groups excluding carboxylic acids is 1. The number of unbranched alkanes of at least 4 members (excludes halogenated alkanes) is 1. The molecular formula is C16H21NO4. The molecule has 5 nitrogen and oxygen atoms in total. The molecule has 1 aromatic heterocycles. The van der Waals surface area contributed by atoms with E-state index in [1.54, 1.807) is 6.08 Å². The van der Waals surface area contributed by atoms with Crippen LogP contribution in [0.5, 0.6) is 0 Å². The van der Waals surface area contributed by atoms with Crippen molar-refractivity contribution >= 4 is 18.0 Å². The van der Waals surface area contributed by atoms with Crippen LogP contribution in [0.1, 0.15) is 50.0 Å². The maximum Gasteiger partial charge on any atom is 0.303 e. The summed E-state index contributed by atoms with van der Waals surface area (Å²) in [5.41, 5.74) is 0. The Morgan fingerprint density at radius 1 is 1.43 bits per heavy atom. The van der Waals surface area contributed by atoms with Gasteiger partial charge in [0.2, 0.25) is 5.91 Å². The summed E-state index contributed by atoms with van der Waals surface area (Å²) in [6.45, 7) is 2.68. The molecule has 2 N–H and O–H groups in total. The molecule has 5 heteroatoms. The second-order valence-electron chi connectivity index (χ2n) is 5.53. The van der Waals surface area contributed by atoms with E-state index in [0.717, 1.165) is 5.76 Å². The number of carbonyl (C=O) groups is 2. The Morgan fingerprint density at radius 3 is 2.86 bits per heavy atom. The monoisotopic (exact) mass is 291 g/mol. The van der Waals surface area contributed by atoms with E-state index in [4.69, 9.17) is 9.52 Å². The van der Waals surface area contributed by atoms with Crippen LogP contribution in [0, 0.1) is 5.92 Å². The molecule has 1 aliphatic carbocycles. The van der Waals surface area contributed by atoms with E-state index in [-0.39, 0.29) is 12.3 Å². The minimum Gasteiger partial charge on any atom is -0.481 e. The summed E-state index contributed by atoms with van der Waals surface area (Å²) >= 11 is 0. The molecule has 2 rings (SSSR count). The van der Waals surface area contributed by atoms with E-state index in [0.29, 0.717) is 37.0 Å². The first-order valence-electron chi connectivity index (χ1n) is 7.33. The summed E-state index contributed by atoms with van der Waals surface area (Å²) in [5, 5.41) is 11.2. The first-order chi connectivity index (χ1) is 10.1. The molecule has 1 saturated carbocycles. The fraction of sp³-hybridized carbons (Fsp3) is 0.500. The van der Waals surface area contributed by atoms with Crippen molar-refractivity contribution in [2.24, 2.45) is 5.92 Å². The van der Waals surface area contributed by atoms with Gasteiger partial charge in [-0.2, -0.15) is 0 Å². The highest BCUT2D eigenvalue weighted by atomic mass is 16.4. The lowest BCUT2D eigenvalue weighted by Gasteiger charge is -2.00. The van der Waals surface area contributed by atoms with Crippen molar-refractivity contribution in [3.8, 4) is 0 Å². The number of nitrogens with one attached hydrogen (secondary N) is 1. The fourth-order valence-corrected chi connectivity index (χ4v) is 2.21. The van der Waals surface area contributed by atoms with E-state index < -0.39 is 5.97 Å². The third-order valence-corrected chi connectivity index (χ3v) is 3.64. The minimum absolute atomic E-state index is 0.139. The molecule has 1 heterocycles. The Morgan fingerprint density at radius 2 is 2.19 bits per heavy atom. The maximum atomic E-state index is 11.6. The number of aliphatic carboxylic acids is 1. The molecule has 1 aliphatic rings. The van der Waals surface area contributed by atoms with E-state index >= 15 is 0 Å². The zero-order valence-electron chi connectivity index (χ0n) is 12.2. The van der Waals surface area contributed by atoms with E-state index in [2.05, 4.69) is 12.2 Å². The van der Waals surface area contributed by atoms with Gasteiger partial charge in [-0.15, -0.1) is 0 Å². The summed E-state index contributed by atoms with van der Waals surface area (Å²) in [4.78, 5) is 21.9. The fourth-order valence-electron chi connectivity index (χ4n) is 2.21. The van der Waals surface area contributed by atoms with Gasteiger partial charge in [0.05, 0.1) is 0 Å². The van der Waals surface area contributed by atoms with Crippen LogP contribution in [0.3, 0.4) is 0 Å². The smallest absolute Gasteiger partial charge is 0.303 e. The lowest BCUT2D eigenvalue weighted by atomic mass is 10.2. The van der Waals surface area contributed by atoms with Crippen LogP contribution in [0.2, 0.25) is 0 Å². The van der Waals surface area contributed by atoms with Crippen LogP contribution in [-0.2, 0) is 9.59 Å². The lowest BCUT2D eigenvalue weighted by molar-refractivity contribution is -0.137. The van der Waals surface area contributed by atoms with Crippen LogP contribution in [0.25, 0.3) is 6.08 Å². The number of furan rings is 1. The first-order valence-corrected chi connectivity index (χ1v) is 7.33. The van der Waals surface area contributed by atoms with Gasteiger partial charge >= 0.3 is 5.97 Å². The van der Waals surface area contributed by atoms with Crippen LogP contribution in [0.15, 0.2) is 22.6 Å². The Bertz CT molecular complexity index is 532. The molecule has 0 aromatic carbocycles. The van der Waals surface area contributed by atoms with E-state index in [9.17, 15) is 9.59 Å². The molecule has 1 amide bonds. The van der Waals surface area contributed by atoms with Crippen molar-refractivity contribution in [3.63, 3.8) is 0 Å². The highest BCUT2D eigenvalue weighted by Crippen LogP contribution is 2.47. The van der Waals surface area contributed by atoms with Crippen molar-refractivity contribution in [1.29, 1.82) is 0 Å². The molecule has 1 fully saturated rings. The third kappa shape index (κ3) is 5.10. The van der Waals surface area contributed by atoms with Gasteiger partial charge in [-0.3, -0.25) is 9.59 Å². The molecular weight excluding hydrogens is 270 g/mol. The normalized spacial score (nSPS) is 20.6. The average molecular weight is 291 g/mol. The zero-order valence-corrected chi connectivity index (χ0v) is 12.2. The third-order valence-electron chi connectivity index (χ3n) is 3.64. The van der Waals surface area contributed by atoms with Crippen LogP contribution >= 0.6 is 0 Å². The summed E-state index contributed by atoms with van der Waals surface area (Å²) in [7, 11) is 0. The number of hydrogen-bond acceptors (Lipinski definition) is 3. The Labute approximate surface area is 124 Å². The highest BCUT2D eigenvalue weighted by Gasteiger charge is 2.36. The lowest BCUT2D eigenvalue weighted by Crippen LogP contribution is -2.22. The zero-order chi connectivity index (χ0) is 15.2. The minimum atomic E-state index is -0.806. The largest absolute Gasteiger partial charge is 0.481 e. The summed E-state index contributed by atoms with van der Waals surface area (Å²) in [5.74, 6) is 1.92. The quantitative estimate of drug-likeness (QED) is 0.570. The number of carboxylic acids is 1. The van der Waals surface area contributed by atoms with Gasteiger partial charge in [0.15, 0.2) is 0 Å². The summed E-state index contributed by atoms with van der Waals surface area (Å²) in [6, 6.07) is 3.84. The van der Waals surface area contributed by atoms with Crippen molar-refractivity contribution in [2.75, 3.05) is 6.54 Å². The van der Waals surface area contributed by atoms with Gasteiger partial charge in [0, 0.05) is 25.0 Å². The molecule has 1 aromatic rings. The van der Waals surface area contributed by atoms with Crippen LogP contribution < -0.4 is 5.32 Å². The molecule has 114 valence electrons. The van der Waals surface area contributed by atoms with Gasteiger partial charge in [-0.1, -0.05) is 6.92 Å². The maximum absolute atomic E-state index is 11.6. The van der Waals surface area contributed by atoms with Gasteiger partial charge < -0.3 is 14.8 Å². The molecule has 0 aliphatic heterocycles. The second kappa shape index (κ2) is 7.11. The Hall–Kier alpha value is -2.04. The SMILES string of the molecule is CC1CC1c1ccc(C=CC(=O)NCCCCC(=O)O)o1. The topological polar surface area (TPSA) is 79.5 Å². The molecule has 2 atom stereocenters. The molecule has 0 saturated heterocycles. The molecule has 0 radical (unpaired) electrons. The van der Waals surface area contributed by atoms with E-state index in [1.165, 1.54) is 12.5 Å². The van der Waals surface area contributed by atoms with Crippen molar-refractivity contribution in [1.82, 2.24) is 5.32 Å². The Kier molecular flexibility index (Phi) is 5.20. The van der Waals surface area contributed by atoms with Crippen molar-refractivity contribution in [3.05, 3.63) is 29.7 Å². The van der Waals surface area contributed by atoms with Crippen LogP contribution in [-0.4, -0.2) is 23.5 Å².